The van der Waals surface area contributed by atoms with Crippen LogP contribution in [0.25, 0.3) is 0 Å². The Kier molecular flexibility index (Phi) is 3.99. The Morgan fingerprint density at radius 3 is 2.90 bits per heavy atom. The first kappa shape index (κ1) is 13.8. The van der Waals surface area contributed by atoms with Gasteiger partial charge in [0.2, 0.25) is 0 Å². The number of nitrogens with one attached hydrogen (secondary N) is 1. The van der Waals surface area contributed by atoms with Gasteiger partial charge in [-0.3, -0.25) is 4.90 Å². The van der Waals surface area contributed by atoms with Gasteiger partial charge in [-0.05, 0) is 64.3 Å². The molecule has 0 radical (unpaired) electrons. The number of aryl methyl sites for hydroxylation is 2. The van der Waals surface area contributed by atoms with Crippen LogP contribution in [0.15, 0.2) is 0 Å². The highest BCUT2D eigenvalue weighted by Gasteiger charge is 2.31. The molecule has 1 aromatic rings. The lowest BCUT2D eigenvalue weighted by Crippen LogP contribution is -2.35. The lowest BCUT2D eigenvalue weighted by molar-refractivity contribution is -0.00853. The zero-order valence-corrected chi connectivity index (χ0v) is 12.9. The van der Waals surface area contributed by atoms with Crippen molar-refractivity contribution in [3.8, 4) is 0 Å². The average Bonchev–Trinajstić information content (AvgIpc) is 3.14. The number of imidazole rings is 1. The summed E-state index contributed by atoms with van der Waals surface area (Å²) in [5.41, 5.74) is 2.76. The van der Waals surface area contributed by atoms with Gasteiger partial charge in [-0.15, -0.1) is 0 Å². The molecule has 0 amide bonds. The summed E-state index contributed by atoms with van der Waals surface area (Å²) in [4.78, 5) is 11.2. The summed E-state index contributed by atoms with van der Waals surface area (Å²) in [6, 6.07) is 0.501. The summed E-state index contributed by atoms with van der Waals surface area (Å²) < 4.78 is 5.93. The number of ether oxygens (including phenoxy) is 1. The van der Waals surface area contributed by atoms with Crippen LogP contribution in [0, 0.1) is 0 Å². The van der Waals surface area contributed by atoms with Gasteiger partial charge in [-0.2, -0.15) is 0 Å². The largest absolute Gasteiger partial charge is 0.377 e. The number of hydrogen-bond donors (Lipinski definition) is 1. The fourth-order valence-electron chi connectivity index (χ4n) is 4.20. The Morgan fingerprint density at radius 1 is 1.10 bits per heavy atom. The molecular weight excluding hydrogens is 262 g/mol. The molecule has 1 N–H and O–H groups in total. The molecular formula is C17H27N3O. The lowest BCUT2D eigenvalue weighted by Gasteiger charge is -2.30. The highest BCUT2D eigenvalue weighted by Crippen LogP contribution is 2.33. The van der Waals surface area contributed by atoms with Crippen LogP contribution in [0.5, 0.6) is 0 Å². The van der Waals surface area contributed by atoms with E-state index in [0.717, 1.165) is 13.2 Å². The monoisotopic (exact) mass is 289 g/mol. The Labute approximate surface area is 127 Å². The fourth-order valence-corrected chi connectivity index (χ4v) is 4.20. The summed E-state index contributed by atoms with van der Waals surface area (Å²) in [5, 5.41) is 0. The zero-order chi connectivity index (χ0) is 14.1. The van der Waals surface area contributed by atoms with Gasteiger partial charge < -0.3 is 9.72 Å². The molecule has 1 aliphatic carbocycles. The van der Waals surface area contributed by atoms with Crippen molar-refractivity contribution in [3.63, 3.8) is 0 Å². The Bertz CT molecular complexity index is 455. The maximum absolute atomic E-state index is 5.93. The van der Waals surface area contributed by atoms with E-state index in [1.165, 1.54) is 81.5 Å². The second kappa shape index (κ2) is 6.09. The van der Waals surface area contributed by atoms with Crippen molar-refractivity contribution in [2.24, 2.45) is 0 Å². The van der Waals surface area contributed by atoms with Crippen molar-refractivity contribution in [3.05, 3.63) is 17.2 Å². The summed E-state index contributed by atoms with van der Waals surface area (Å²) in [6.45, 7) is 3.25. The van der Waals surface area contributed by atoms with Crippen LogP contribution in [0.2, 0.25) is 0 Å². The number of fused-ring (bicyclic) bond motifs is 1. The van der Waals surface area contributed by atoms with Crippen LogP contribution in [0.4, 0.5) is 0 Å². The predicted octanol–water partition coefficient (Wildman–Crippen LogP) is 2.99. The first-order valence-electron chi connectivity index (χ1n) is 8.83. The SMILES string of the molecule is C1CCC(CN2CCCC2c2nc3c([nH]2)CCCC3)OC1. The van der Waals surface area contributed by atoms with Crippen molar-refractivity contribution in [2.45, 2.75) is 69.9 Å². The van der Waals surface area contributed by atoms with Crippen molar-refractivity contribution < 1.29 is 4.74 Å². The average molecular weight is 289 g/mol. The second-order valence-corrected chi connectivity index (χ2v) is 6.90. The minimum atomic E-state index is 0.448. The summed E-state index contributed by atoms with van der Waals surface area (Å²) in [7, 11) is 0. The smallest absolute Gasteiger partial charge is 0.124 e. The minimum absolute atomic E-state index is 0.448. The van der Waals surface area contributed by atoms with E-state index in [1.54, 1.807) is 0 Å². The molecule has 4 rings (SSSR count). The van der Waals surface area contributed by atoms with E-state index < -0.39 is 0 Å². The van der Waals surface area contributed by atoms with E-state index in [1.807, 2.05) is 0 Å². The first-order valence-corrected chi connectivity index (χ1v) is 8.83. The molecule has 2 atom stereocenters. The van der Waals surface area contributed by atoms with Crippen LogP contribution >= 0.6 is 0 Å². The van der Waals surface area contributed by atoms with Gasteiger partial charge in [0.1, 0.15) is 5.82 Å². The van der Waals surface area contributed by atoms with Crippen LogP contribution in [0.1, 0.15) is 68.2 Å². The molecule has 4 nitrogen and oxygen atoms in total. The molecule has 3 heterocycles. The molecule has 2 fully saturated rings. The van der Waals surface area contributed by atoms with E-state index >= 15 is 0 Å². The topological polar surface area (TPSA) is 41.2 Å². The predicted molar refractivity (Wildman–Crippen MR) is 82.4 cm³/mol. The molecule has 2 saturated heterocycles. The number of hydrogen-bond acceptors (Lipinski definition) is 3. The summed E-state index contributed by atoms with van der Waals surface area (Å²) in [5.74, 6) is 1.23. The molecule has 21 heavy (non-hydrogen) atoms. The van der Waals surface area contributed by atoms with E-state index in [0.29, 0.717) is 12.1 Å². The molecule has 0 saturated carbocycles. The molecule has 1 aromatic heterocycles. The van der Waals surface area contributed by atoms with Gasteiger partial charge in [0, 0.05) is 18.8 Å². The van der Waals surface area contributed by atoms with E-state index in [4.69, 9.17) is 9.72 Å². The van der Waals surface area contributed by atoms with Gasteiger partial charge in [0.05, 0.1) is 17.8 Å². The Balaban J connectivity index is 1.46. The van der Waals surface area contributed by atoms with Gasteiger partial charge in [0.15, 0.2) is 0 Å². The van der Waals surface area contributed by atoms with Crippen LogP contribution in [0.3, 0.4) is 0 Å². The zero-order valence-electron chi connectivity index (χ0n) is 12.9. The highest BCUT2D eigenvalue weighted by atomic mass is 16.5. The van der Waals surface area contributed by atoms with Gasteiger partial charge in [-0.1, -0.05) is 0 Å². The third-order valence-electron chi connectivity index (χ3n) is 5.36. The molecule has 0 aromatic carbocycles. The molecule has 0 bridgehead atoms. The molecule has 4 heteroatoms. The third-order valence-corrected chi connectivity index (χ3v) is 5.36. The van der Waals surface area contributed by atoms with Gasteiger partial charge in [0.25, 0.3) is 0 Å². The number of aromatic amines is 1. The molecule has 2 unspecified atom stereocenters. The minimum Gasteiger partial charge on any atom is -0.377 e. The molecule has 3 aliphatic rings. The summed E-state index contributed by atoms with van der Waals surface area (Å²) in [6.07, 6.45) is 11.8. The second-order valence-electron chi connectivity index (χ2n) is 6.90. The number of nitrogens with zero attached hydrogens (tertiary/aromatic N) is 2. The third kappa shape index (κ3) is 2.88. The Hall–Kier alpha value is -0.870. The fraction of sp³-hybridized carbons (Fsp3) is 0.824. The quantitative estimate of drug-likeness (QED) is 0.930. The van der Waals surface area contributed by atoms with Crippen LogP contribution < -0.4 is 0 Å². The lowest BCUT2D eigenvalue weighted by atomic mass is 10.0. The highest BCUT2D eigenvalue weighted by molar-refractivity contribution is 5.19. The molecule has 116 valence electrons. The normalized spacial score (nSPS) is 30.5. The van der Waals surface area contributed by atoms with E-state index in [9.17, 15) is 0 Å². The number of likely N-dealkylation sites (tertiary alicyclic amines) is 1. The van der Waals surface area contributed by atoms with E-state index in [2.05, 4.69) is 9.88 Å². The van der Waals surface area contributed by atoms with Gasteiger partial charge >= 0.3 is 0 Å². The number of rotatable bonds is 3. The van der Waals surface area contributed by atoms with E-state index in [-0.39, 0.29) is 0 Å². The van der Waals surface area contributed by atoms with Crippen molar-refractivity contribution >= 4 is 0 Å². The Morgan fingerprint density at radius 2 is 2.05 bits per heavy atom. The molecule has 0 spiro atoms. The van der Waals surface area contributed by atoms with Crippen LogP contribution in [-0.2, 0) is 17.6 Å². The van der Waals surface area contributed by atoms with Gasteiger partial charge in [-0.25, -0.2) is 4.98 Å². The first-order chi connectivity index (χ1) is 10.4. The number of aromatic nitrogens is 2. The number of H-pyrrole nitrogens is 1. The van der Waals surface area contributed by atoms with Crippen LogP contribution in [-0.4, -0.2) is 40.7 Å². The maximum Gasteiger partial charge on any atom is 0.124 e. The molecule has 2 aliphatic heterocycles. The maximum atomic E-state index is 5.93. The van der Waals surface area contributed by atoms with Crippen molar-refractivity contribution in [2.75, 3.05) is 19.7 Å². The van der Waals surface area contributed by atoms with Crippen molar-refractivity contribution in [1.29, 1.82) is 0 Å². The summed E-state index contributed by atoms with van der Waals surface area (Å²) >= 11 is 0. The van der Waals surface area contributed by atoms with Crippen molar-refractivity contribution in [1.82, 2.24) is 14.9 Å². The standard InChI is InChI=1S/C17H27N3O/c1-2-8-15-14(7-1)18-17(19-15)16-9-5-10-20(16)12-13-6-3-4-11-21-13/h13,16H,1-12H2,(H,18,19).